The normalized spacial score (nSPS) is 13.4. The molecule has 0 saturated carbocycles. The van der Waals surface area contributed by atoms with Crippen molar-refractivity contribution >= 4 is 11.9 Å². The van der Waals surface area contributed by atoms with E-state index in [1.165, 1.54) is 0 Å². The van der Waals surface area contributed by atoms with E-state index in [0.717, 1.165) is 0 Å². The van der Waals surface area contributed by atoms with Crippen LogP contribution in [-0.2, 0) is 14.3 Å². The van der Waals surface area contributed by atoms with Crippen LogP contribution in [0.1, 0.15) is 47.5 Å². The van der Waals surface area contributed by atoms with Crippen LogP contribution in [0.2, 0.25) is 0 Å². The second-order valence-electron chi connectivity index (χ2n) is 5.39. The molecule has 5 heteroatoms. The maximum Gasteiger partial charge on any atom is 0.306 e. The number of ether oxygens (including phenoxy) is 1. The van der Waals surface area contributed by atoms with E-state index in [2.05, 4.69) is 5.32 Å². The van der Waals surface area contributed by atoms with E-state index < -0.39 is 11.6 Å². The SMILES string of the molecule is CC(C)NC(=O)C(N)CCC(=O)OC(C)(C)C. The zero-order valence-corrected chi connectivity index (χ0v) is 11.4. The molecule has 0 fully saturated rings. The highest BCUT2D eigenvalue weighted by Crippen LogP contribution is 2.09. The van der Waals surface area contributed by atoms with Crippen molar-refractivity contribution in [3.63, 3.8) is 0 Å². The highest BCUT2D eigenvalue weighted by Gasteiger charge is 2.19. The fourth-order valence-electron chi connectivity index (χ4n) is 1.19. The van der Waals surface area contributed by atoms with Gasteiger partial charge in [0, 0.05) is 12.5 Å². The summed E-state index contributed by atoms with van der Waals surface area (Å²) in [7, 11) is 0. The van der Waals surface area contributed by atoms with Gasteiger partial charge in [0.05, 0.1) is 6.04 Å². The number of amides is 1. The summed E-state index contributed by atoms with van der Waals surface area (Å²) in [5, 5.41) is 2.70. The molecule has 100 valence electrons. The second kappa shape index (κ2) is 6.59. The molecule has 0 aromatic carbocycles. The third-order valence-corrected chi connectivity index (χ3v) is 1.85. The average Bonchev–Trinajstić information content (AvgIpc) is 2.10. The number of esters is 1. The number of carbonyl (C=O) groups is 2. The molecular formula is C12H24N2O3. The van der Waals surface area contributed by atoms with Crippen molar-refractivity contribution in [3.05, 3.63) is 0 Å². The minimum Gasteiger partial charge on any atom is -0.460 e. The summed E-state index contributed by atoms with van der Waals surface area (Å²) in [6.07, 6.45) is 0.456. The van der Waals surface area contributed by atoms with E-state index in [1.54, 1.807) is 20.8 Å². The van der Waals surface area contributed by atoms with Gasteiger partial charge in [0.25, 0.3) is 0 Å². The minimum absolute atomic E-state index is 0.0510. The van der Waals surface area contributed by atoms with Crippen LogP contribution in [0, 0.1) is 0 Å². The monoisotopic (exact) mass is 244 g/mol. The molecule has 0 aliphatic heterocycles. The highest BCUT2D eigenvalue weighted by atomic mass is 16.6. The Morgan fingerprint density at radius 3 is 2.24 bits per heavy atom. The van der Waals surface area contributed by atoms with Gasteiger partial charge < -0.3 is 15.8 Å². The summed E-state index contributed by atoms with van der Waals surface area (Å²) in [5.74, 6) is -0.561. The van der Waals surface area contributed by atoms with Crippen LogP contribution in [0.5, 0.6) is 0 Å². The molecule has 0 rings (SSSR count). The summed E-state index contributed by atoms with van der Waals surface area (Å²) < 4.78 is 5.12. The van der Waals surface area contributed by atoms with Gasteiger partial charge in [-0.2, -0.15) is 0 Å². The lowest BCUT2D eigenvalue weighted by Crippen LogP contribution is -2.43. The third-order valence-electron chi connectivity index (χ3n) is 1.85. The fourth-order valence-corrected chi connectivity index (χ4v) is 1.19. The highest BCUT2D eigenvalue weighted by molar-refractivity contribution is 5.82. The van der Waals surface area contributed by atoms with Crippen molar-refractivity contribution in [3.8, 4) is 0 Å². The maximum atomic E-state index is 11.5. The lowest BCUT2D eigenvalue weighted by atomic mass is 10.1. The Morgan fingerprint density at radius 1 is 1.29 bits per heavy atom. The molecule has 17 heavy (non-hydrogen) atoms. The van der Waals surface area contributed by atoms with Gasteiger partial charge in [0.1, 0.15) is 5.60 Å². The summed E-state index contributed by atoms with van der Waals surface area (Å²) in [6.45, 7) is 9.12. The molecule has 0 aromatic rings. The van der Waals surface area contributed by atoms with Gasteiger partial charge in [-0.3, -0.25) is 9.59 Å². The molecule has 1 unspecified atom stereocenters. The number of rotatable bonds is 5. The Balaban J connectivity index is 3.95. The Morgan fingerprint density at radius 2 is 1.82 bits per heavy atom. The van der Waals surface area contributed by atoms with Crippen molar-refractivity contribution in [2.45, 2.75) is 65.1 Å². The summed E-state index contributed by atoms with van der Waals surface area (Å²) >= 11 is 0. The smallest absolute Gasteiger partial charge is 0.306 e. The van der Waals surface area contributed by atoms with Crippen LogP contribution in [0.25, 0.3) is 0 Å². The molecular weight excluding hydrogens is 220 g/mol. The van der Waals surface area contributed by atoms with E-state index in [4.69, 9.17) is 10.5 Å². The van der Waals surface area contributed by atoms with E-state index in [0.29, 0.717) is 6.42 Å². The van der Waals surface area contributed by atoms with Gasteiger partial charge in [0.15, 0.2) is 0 Å². The Hall–Kier alpha value is -1.10. The van der Waals surface area contributed by atoms with Gasteiger partial charge in [-0.15, -0.1) is 0 Å². The lowest BCUT2D eigenvalue weighted by molar-refractivity contribution is -0.155. The number of nitrogens with two attached hydrogens (primary N) is 1. The summed E-state index contributed by atoms with van der Waals surface area (Å²) in [4.78, 5) is 22.9. The molecule has 1 atom stereocenters. The molecule has 0 bridgehead atoms. The zero-order valence-electron chi connectivity index (χ0n) is 11.4. The first-order chi connectivity index (χ1) is 7.61. The van der Waals surface area contributed by atoms with Crippen molar-refractivity contribution in [2.24, 2.45) is 5.73 Å². The van der Waals surface area contributed by atoms with Crippen molar-refractivity contribution in [1.29, 1.82) is 0 Å². The predicted octanol–water partition coefficient (Wildman–Crippen LogP) is 0.960. The number of hydrogen-bond donors (Lipinski definition) is 2. The van der Waals surface area contributed by atoms with Crippen LogP contribution in [0.3, 0.4) is 0 Å². The Bertz CT molecular complexity index is 269. The Kier molecular flexibility index (Phi) is 6.16. The van der Waals surface area contributed by atoms with Crippen LogP contribution in [0.4, 0.5) is 0 Å². The van der Waals surface area contributed by atoms with Crippen molar-refractivity contribution < 1.29 is 14.3 Å². The molecule has 3 N–H and O–H groups in total. The largest absolute Gasteiger partial charge is 0.460 e. The van der Waals surface area contributed by atoms with Gasteiger partial charge in [-0.1, -0.05) is 0 Å². The van der Waals surface area contributed by atoms with E-state index >= 15 is 0 Å². The standard InChI is InChI=1S/C12H24N2O3/c1-8(2)14-11(16)9(13)6-7-10(15)17-12(3,4)5/h8-9H,6-7,13H2,1-5H3,(H,14,16). The van der Waals surface area contributed by atoms with E-state index in [-0.39, 0.29) is 24.3 Å². The zero-order chi connectivity index (χ0) is 13.6. The summed E-state index contributed by atoms with van der Waals surface area (Å²) in [6, 6.07) is -0.611. The lowest BCUT2D eigenvalue weighted by Gasteiger charge is -2.20. The number of nitrogens with one attached hydrogen (secondary N) is 1. The molecule has 0 spiro atoms. The number of carbonyl (C=O) groups excluding carboxylic acids is 2. The molecule has 0 aliphatic carbocycles. The van der Waals surface area contributed by atoms with Crippen LogP contribution >= 0.6 is 0 Å². The molecule has 0 saturated heterocycles. The third kappa shape index (κ3) is 8.68. The van der Waals surface area contributed by atoms with Crippen LogP contribution in [0.15, 0.2) is 0 Å². The minimum atomic E-state index is -0.662. The molecule has 0 radical (unpaired) electrons. The van der Waals surface area contributed by atoms with Crippen molar-refractivity contribution in [1.82, 2.24) is 5.32 Å². The maximum absolute atomic E-state index is 11.5. The van der Waals surface area contributed by atoms with Gasteiger partial charge >= 0.3 is 5.97 Å². The van der Waals surface area contributed by atoms with E-state index in [1.807, 2.05) is 13.8 Å². The van der Waals surface area contributed by atoms with Gasteiger partial charge in [-0.25, -0.2) is 0 Å². The first-order valence-electron chi connectivity index (χ1n) is 5.89. The average molecular weight is 244 g/mol. The topological polar surface area (TPSA) is 81.4 Å². The predicted molar refractivity (Wildman–Crippen MR) is 66.3 cm³/mol. The van der Waals surface area contributed by atoms with Crippen molar-refractivity contribution in [2.75, 3.05) is 0 Å². The van der Waals surface area contributed by atoms with Crippen LogP contribution in [-0.4, -0.2) is 29.6 Å². The molecule has 5 nitrogen and oxygen atoms in total. The first-order valence-corrected chi connectivity index (χ1v) is 5.89. The quantitative estimate of drug-likeness (QED) is 0.706. The van der Waals surface area contributed by atoms with E-state index in [9.17, 15) is 9.59 Å². The summed E-state index contributed by atoms with van der Waals surface area (Å²) in [5.41, 5.74) is 5.16. The van der Waals surface area contributed by atoms with Crippen LogP contribution < -0.4 is 11.1 Å². The molecule has 0 heterocycles. The Labute approximate surface area is 103 Å². The fraction of sp³-hybridized carbons (Fsp3) is 0.833. The molecule has 1 amide bonds. The molecule has 0 aromatic heterocycles. The van der Waals surface area contributed by atoms with Gasteiger partial charge in [0.2, 0.25) is 5.91 Å². The number of hydrogen-bond acceptors (Lipinski definition) is 4. The first kappa shape index (κ1) is 15.9. The van der Waals surface area contributed by atoms with Gasteiger partial charge in [-0.05, 0) is 41.0 Å². The second-order valence-corrected chi connectivity index (χ2v) is 5.39. The molecule has 0 aliphatic rings.